The fourth-order valence-corrected chi connectivity index (χ4v) is 0.899. The van der Waals surface area contributed by atoms with E-state index in [1.54, 1.807) is 12.1 Å². The van der Waals surface area contributed by atoms with Gasteiger partial charge in [0.25, 0.3) is 0 Å². The molecule has 0 saturated carbocycles. The van der Waals surface area contributed by atoms with E-state index >= 15 is 0 Å². The average molecular weight is 268 g/mol. The summed E-state index contributed by atoms with van der Waals surface area (Å²) in [6.07, 6.45) is 1.12. The van der Waals surface area contributed by atoms with Crippen molar-refractivity contribution in [2.24, 2.45) is 0 Å². The fraction of sp³-hybridized carbons (Fsp3) is 0.0833. The minimum Gasteiger partial charge on any atom is -0.507 e. The van der Waals surface area contributed by atoms with Crippen LogP contribution in [-0.2, 0) is 14.3 Å². The number of phenols is 1. The molecule has 7 nitrogen and oxygen atoms in total. The van der Waals surface area contributed by atoms with Crippen molar-refractivity contribution in [1.29, 1.82) is 0 Å². The van der Waals surface area contributed by atoms with Crippen molar-refractivity contribution in [3.05, 3.63) is 42.0 Å². The molecule has 0 atom stereocenters. The largest absolute Gasteiger partial charge is 0.507 e. The molecule has 0 heterocycles. The highest BCUT2D eigenvalue weighted by Gasteiger charge is 2.08. The molecule has 7 heteroatoms. The molecule has 0 unspecified atom stereocenters. The molecule has 3 N–H and O–H groups in total. The van der Waals surface area contributed by atoms with Gasteiger partial charge in [-0.1, -0.05) is 12.1 Å². The van der Waals surface area contributed by atoms with E-state index in [2.05, 4.69) is 4.74 Å². The Morgan fingerprint density at radius 3 is 1.89 bits per heavy atom. The molecule has 0 fully saturated rings. The summed E-state index contributed by atoms with van der Waals surface area (Å²) >= 11 is 0. The Bertz CT molecular complexity index is 475. The molecule has 0 aliphatic carbocycles. The van der Waals surface area contributed by atoms with Gasteiger partial charge in [-0.3, -0.25) is 0 Å². The first kappa shape index (κ1) is 16.2. The Balaban J connectivity index is 0.000000362. The maximum Gasteiger partial charge on any atom is 0.341 e. The number of rotatable bonds is 3. The number of carbonyl (C=O) groups excluding carboxylic acids is 1. The van der Waals surface area contributed by atoms with Gasteiger partial charge in [0.2, 0.25) is 0 Å². The second kappa shape index (κ2) is 8.29. The van der Waals surface area contributed by atoms with Crippen molar-refractivity contribution in [3.63, 3.8) is 0 Å². The molecule has 1 aromatic rings. The van der Waals surface area contributed by atoms with Crippen LogP contribution in [0, 0.1) is 0 Å². The molecule has 19 heavy (non-hydrogen) atoms. The van der Waals surface area contributed by atoms with E-state index in [1.807, 2.05) is 0 Å². The van der Waals surface area contributed by atoms with Gasteiger partial charge in [0.05, 0.1) is 7.11 Å². The number of benzene rings is 1. The van der Waals surface area contributed by atoms with Crippen molar-refractivity contribution in [2.75, 3.05) is 7.11 Å². The molecule has 102 valence electrons. The minimum absolute atomic E-state index is 0.0562. The first-order valence-electron chi connectivity index (χ1n) is 4.88. The van der Waals surface area contributed by atoms with E-state index in [0.717, 1.165) is 0 Å². The van der Waals surface area contributed by atoms with E-state index in [1.165, 1.54) is 19.2 Å². The summed E-state index contributed by atoms with van der Waals surface area (Å²) in [4.78, 5) is 30.0. The van der Waals surface area contributed by atoms with Gasteiger partial charge in [-0.05, 0) is 12.1 Å². The Hall–Kier alpha value is -2.83. The maximum absolute atomic E-state index is 10.9. The summed E-state index contributed by atoms with van der Waals surface area (Å²) < 4.78 is 4.42. The van der Waals surface area contributed by atoms with Crippen LogP contribution in [0.25, 0.3) is 0 Å². The number of carbonyl (C=O) groups is 3. The zero-order valence-electron chi connectivity index (χ0n) is 9.94. The third-order valence-electron chi connectivity index (χ3n) is 1.68. The van der Waals surface area contributed by atoms with Crippen molar-refractivity contribution in [2.45, 2.75) is 0 Å². The van der Waals surface area contributed by atoms with E-state index in [-0.39, 0.29) is 11.3 Å². The third kappa shape index (κ3) is 7.16. The number of para-hydroxylation sites is 1. The van der Waals surface area contributed by atoms with Gasteiger partial charge in [-0.25, -0.2) is 14.4 Å². The number of carboxylic acids is 2. The van der Waals surface area contributed by atoms with Crippen LogP contribution in [-0.4, -0.2) is 40.3 Å². The third-order valence-corrected chi connectivity index (χ3v) is 1.68. The molecule has 0 spiro atoms. The summed E-state index contributed by atoms with van der Waals surface area (Å²) in [5.74, 6) is -3.10. The number of esters is 1. The van der Waals surface area contributed by atoms with E-state index in [0.29, 0.717) is 12.2 Å². The fourth-order valence-electron chi connectivity index (χ4n) is 0.899. The lowest BCUT2D eigenvalue weighted by Crippen LogP contribution is -2.00. The normalized spacial score (nSPS) is 9.32. The number of hydrogen-bond donors (Lipinski definition) is 3. The SMILES string of the molecule is COC(=O)c1ccccc1O.O=C(O)/C=C\C(=O)O. The van der Waals surface area contributed by atoms with Gasteiger partial charge >= 0.3 is 17.9 Å². The van der Waals surface area contributed by atoms with Crippen LogP contribution >= 0.6 is 0 Å². The highest BCUT2D eigenvalue weighted by molar-refractivity contribution is 5.92. The molecule has 0 saturated heterocycles. The number of carboxylic acid groups (broad SMARTS) is 2. The average Bonchev–Trinajstić information content (AvgIpc) is 2.37. The van der Waals surface area contributed by atoms with Gasteiger partial charge in [-0.2, -0.15) is 0 Å². The second-order valence-electron chi connectivity index (χ2n) is 3.02. The number of aromatic hydroxyl groups is 1. The van der Waals surface area contributed by atoms with Crippen molar-refractivity contribution < 1.29 is 34.4 Å². The molecular weight excluding hydrogens is 256 g/mol. The molecule has 0 radical (unpaired) electrons. The number of phenolic OH excluding ortho intramolecular Hbond substituents is 1. The zero-order valence-corrected chi connectivity index (χ0v) is 9.94. The Morgan fingerprint density at radius 2 is 1.53 bits per heavy atom. The molecule has 0 bridgehead atoms. The monoisotopic (exact) mass is 268 g/mol. The Morgan fingerprint density at radius 1 is 1.05 bits per heavy atom. The predicted octanol–water partition coefficient (Wildman–Crippen LogP) is 0.891. The van der Waals surface area contributed by atoms with Crippen molar-refractivity contribution in [3.8, 4) is 5.75 Å². The number of aliphatic carboxylic acids is 2. The smallest absolute Gasteiger partial charge is 0.341 e. The van der Waals surface area contributed by atoms with Crippen LogP contribution in [0.4, 0.5) is 0 Å². The van der Waals surface area contributed by atoms with Crippen LogP contribution < -0.4 is 0 Å². The summed E-state index contributed by atoms with van der Waals surface area (Å²) in [5.41, 5.74) is 0.190. The van der Waals surface area contributed by atoms with Gasteiger partial charge in [-0.15, -0.1) is 0 Å². The molecule has 0 aromatic heterocycles. The van der Waals surface area contributed by atoms with E-state index < -0.39 is 17.9 Å². The van der Waals surface area contributed by atoms with Crippen molar-refractivity contribution in [1.82, 2.24) is 0 Å². The molecule has 1 aromatic carbocycles. The van der Waals surface area contributed by atoms with Crippen LogP contribution in [0.15, 0.2) is 36.4 Å². The van der Waals surface area contributed by atoms with Gasteiger partial charge in [0.15, 0.2) is 0 Å². The first-order valence-corrected chi connectivity index (χ1v) is 4.88. The van der Waals surface area contributed by atoms with Crippen LogP contribution in [0.3, 0.4) is 0 Å². The Kier molecular flexibility index (Phi) is 7.05. The standard InChI is InChI=1S/C8H8O3.C4H4O4/c1-11-8(10)6-4-2-3-5-7(6)9;5-3(6)1-2-4(7)8/h2-5,9H,1H3;1-2H,(H,5,6)(H,7,8)/b;2-1-. The van der Waals surface area contributed by atoms with Gasteiger partial charge in [0, 0.05) is 12.2 Å². The minimum atomic E-state index is -1.26. The highest BCUT2D eigenvalue weighted by atomic mass is 16.5. The van der Waals surface area contributed by atoms with Crippen LogP contribution in [0.5, 0.6) is 5.75 Å². The first-order chi connectivity index (χ1) is 8.88. The topological polar surface area (TPSA) is 121 Å². The maximum atomic E-state index is 10.9. The summed E-state index contributed by atoms with van der Waals surface area (Å²) in [6.45, 7) is 0. The summed E-state index contributed by atoms with van der Waals surface area (Å²) in [6, 6.07) is 6.24. The number of methoxy groups -OCH3 is 1. The zero-order chi connectivity index (χ0) is 14.8. The molecule has 0 amide bonds. The quantitative estimate of drug-likeness (QED) is 0.549. The lowest BCUT2D eigenvalue weighted by Gasteiger charge is -1.99. The number of hydrogen-bond acceptors (Lipinski definition) is 5. The molecule has 0 aliphatic heterocycles. The van der Waals surface area contributed by atoms with E-state index in [9.17, 15) is 14.4 Å². The number of ether oxygens (including phenoxy) is 1. The van der Waals surface area contributed by atoms with Crippen LogP contribution in [0.2, 0.25) is 0 Å². The summed E-state index contributed by atoms with van der Waals surface area (Å²) in [5, 5.41) is 24.7. The van der Waals surface area contributed by atoms with Gasteiger partial charge < -0.3 is 20.1 Å². The van der Waals surface area contributed by atoms with E-state index in [4.69, 9.17) is 15.3 Å². The highest BCUT2D eigenvalue weighted by Crippen LogP contribution is 2.15. The van der Waals surface area contributed by atoms with Gasteiger partial charge in [0.1, 0.15) is 11.3 Å². The van der Waals surface area contributed by atoms with Crippen molar-refractivity contribution >= 4 is 17.9 Å². The lowest BCUT2D eigenvalue weighted by atomic mass is 10.2. The molecular formula is C12H12O7. The summed E-state index contributed by atoms with van der Waals surface area (Å²) in [7, 11) is 1.27. The second-order valence-corrected chi connectivity index (χ2v) is 3.02. The van der Waals surface area contributed by atoms with Crippen LogP contribution in [0.1, 0.15) is 10.4 Å². The predicted molar refractivity (Wildman–Crippen MR) is 63.9 cm³/mol. The lowest BCUT2D eigenvalue weighted by molar-refractivity contribution is -0.134. The Labute approximate surface area is 108 Å². The molecule has 1 rings (SSSR count). The molecule has 0 aliphatic rings.